The van der Waals surface area contributed by atoms with Crippen molar-refractivity contribution in [3.8, 4) is 0 Å². The molecule has 2 N–H and O–H groups in total. The maximum Gasteiger partial charge on any atom is 0.119 e. The summed E-state index contributed by atoms with van der Waals surface area (Å²) in [6.07, 6.45) is 5.14. The summed E-state index contributed by atoms with van der Waals surface area (Å²) >= 11 is 5.62. The first-order valence-electron chi connectivity index (χ1n) is 3.09. The lowest BCUT2D eigenvalue weighted by molar-refractivity contribution is 0.298. The first kappa shape index (κ1) is 7.48. The van der Waals surface area contributed by atoms with Crippen molar-refractivity contribution in [2.75, 3.05) is 5.88 Å². The molecule has 1 rings (SSSR count). The highest BCUT2D eigenvalue weighted by molar-refractivity contribution is 6.18. The normalized spacial score (nSPS) is 31.2. The Morgan fingerprint density at radius 2 is 2.50 bits per heavy atom. The zero-order chi connectivity index (χ0) is 7.61. The van der Waals surface area contributed by atoms with Gasteiger partial charge in [0.1, 0.15) is 11.3 Å². The first-order valence-corrected chi connectivity index (χ1v) is 3.62. The SMILES string of the molecule is CC1(CCl)NC=CC=C1O. The lowest BCUT2D eigenvalue weighted by Gasteiger charge is -2.28. The minimum atomic E-state index is -0.476. The Hall–Kier alpha value is -0.630. The van der Waals surface area contributed by atoms with Gasteiger partial charge < -0.3 is 10.4 Å². The van der Waals surface area contributed by atoms with Crippen molar-refractivity contribution in [1.29, 1.82) is 0 Å². The van der Waals surface area contributed by atoms with Crippen molar-refractivity contribution in [2.45, 2.75) is 12.5 Å². The van der Waals surface area contributed by atoms with Gasteiger partial charge in [0, 0.05) is 0 Å². The molecular formula is C7H10ClNO. The van der Waals surface area contributed by atoms with E-state index in [2.05, 4.69) is 5.32 Å². The van der Waals surface area contributed by atoms with Crippen LogP contribution in [-0.4, -0.2) is 16.5 Å². The van der Waals surface area contributed by atoms with E-state index in [9.17, 15) is 5.11 Å². The summed E-state index contributed by atoms with van der Waals surface area (Å²) in [5.74, 6) is 0.643. The summed E-state index contributed by atoms with van der Waals surface area (Å²) in [6.45, 7) is 1.84. The van der Waals surface area contributed by atoms with E-state index in [1.165, 1.54) is 0 Å². The number of alkyl halides is 1. The Morgan fingerprint density at radius 3 is 2.90 bits per heavy atom. The van der Waals surface area contributed by atoms with Gasteiger partial charge in [0.05, 0.1) is 5.88 Å². The highest BCUT2D eigenvalue weighted by Gasteiger charge is 2.27. The van der Waals surface area contributed by atoms with E-state index in [4.69, 9.17) is 11.6 Å². The van der Waals surface area contributed by atoms with E-state index in [1.54, 1.807) is 18.4 Å². The number of hydrogen-bond acceptors (Lipinski definition) is 2. The largest absolute Gasteiger partial charge is 0.510 e. The van der Waals surface area contributed by atoms with Crippen LogP contribution < -0.4 is 5.32 Å². The van der Waals surface area contributed by atoms with Gasteiger partial charge in [0.25, 0.3) is 0 Å². The van der Waals surface area contributed by atoms with E-state index in [0.717, 1.165) is 0 Å². The molecule has 1 aliphatic heterocycles. The van der Waals surface area contributed by atoms with Crippen LogP contribution >= 0.6 is 11.6 Å². The summed E-state index contributed by atoms with van der Waals surface area (Å²) in [5, 5.41) is 12.3. The van der Waals surface area contributed by atoms with E-state index < -0.39 is 5.54 Å². The quantitative estimate of drug-likeness (QED) is 0.569. The molecule has 0 amide bonds. The summed E-state index contributed by atoms with van der Waals surface area (Å²) < 4.78 is 0. The molecule has 56 valence electrons. The van der Waals surface area contributed by atoms with Gasteiger partial charge in [-0.1, -0.05) is 0 Å². The van der Waals surface area contributed by atoms with Crippen molar-refractivity contribution in [3.63, 3.8) is 0 Å². The first-order chi connectivity index (χ1) is 4.69. The molecule has 1 heterocycles. The molecule has 0 aromatic carbocycles. The van der Waals surface area contributed by atoms with Crippen LogP contribution in [0.3, 0.4) is 0 Å². The van der Waals surface area contributed by atoms with Crippen molar-refractivity contribution in [3.05, 3.63) is 24.1 Å². The van der Waals surface area contributed by atoms with Crippen LogP contribution in [0.15, 0.2) is 24.1 Å². The molecule has 0 radical (unpaired) electrons. The molecule has 0 aliphatic carbocycles. The van der Waals surface area contributed by atoms with Crippen LogP contribution in [0.5, 0.6) is 0 Å². The number of dihydropyridines is 1. The van der Waals surface area contributed by atoms with Crippen molar-refractivity contribution >= 4 is 11.6 Å². The Balaban J connectivity index is 2.81. The number of aliphatic hydroxyl groups is 1. The summed E-state index contributed by atoms with van der Waals surface area (Å²) in [7, 11) is 0. The number of allylic oxidation sites excluding steroid dienone is 2. The van der Waals surface area contributed by atoms with Gasteiger partial charge >= 0.3 is 0 Å². The third-order valence-electron chi connectivity index (χ3n) is 1.58. The molecule has 10 heavy (non-hydrogen) atoms. The molecule has 0 aromatic heterocycles. The van der Waals surface area contributed by atoms with Crippen molar-refractivity contribution in [2.24, 2.45) is 0 Å². The van der Waals surface area contributed by atoms with Gasteiger partial charge in [-0.2, -0.15) is 0 Å². The van der Waals surface area contributed by atoms with Crippen LogP contribution in [-0.2, 0) is 0 Å². The van der Waals surface area contributed by atoms with Crippen LogP contribution in [0.4, 0.5) is 0 Å². The molecule has 1 unspecified atom stereocenters. The Labute approximate surface area is 65.2 Å². The summed E-state index contributed by atoms with van der Waals surface area (Å²) in [6, 6.07) is 0. The second-order valence-corrected chi connectivity index (χ2v) is 2.79. The molecule has 1 aliphatic rings. The van der Waals surface area contributed by atoms with E-state index in [0.29, 0.717) is 5.88 Å². The summed E-state index contributed by atoms with van der Waals surface area (Å²) in [5.41, 5.74) is -0.476. The van der Waals surface area contributed by atoms with Gasteiger partial charge in [0.15, 0.2) is 0 Å². The average molecular weight is 160 g/mol. The lowest BCUT2D eigenvalue weighted by Crippen LogP contribution is -2.44. The zero-order valence-electron chi connectivity index (χ0n) is 5.76. The minimum Gasteiger partial charge on any atom is -0.510 e. The molecule has 2 nitrogen and oxygen atoms in total. The average Bonchev–Trinajstić information content (AvgIpc) is 1.96. The number of hydrogen-bond donors (Lipinski definition) is 2. The zero-order valence-corrected chi connectivity index (χ0v) is 6.52. The lowest BCUT2D eigenvalue weighted by atomic mass is 10.0. The van der Waals surface area contributed by atoms with Gasteiger partial charge in [-0.3, -0.25) is 0 Å². The molecule has 0 spiro atoms. The minimum absolute atomic E-state index is 0.282. The number of halogens is 1. The second kappa shape index (κ2) is 2.54. The second-order valence-electron chi connectivity index (χ2n) is 2.52. The highest BCUT2D eigenvalue weighted by atomic mass is 35.5. The number of rotatable bonds is 1. The molecule has 0 fully saturated rings. The highest BCUT2D eigenvalue weighted by Crippen LogP contribution is 2.18. The number of aliphatic hydroxyl groups excluding tert-OH is 1. The predicted molar refractivity (Wildman–Crippen MR) is 42.1 cm³/mol. The maximum atomic E-state index is 9.29. The Morgan fingerprint density at radius 1 is 1.80 bits per heavy atom. The van der Waals surface area contributed by atoms with Crippen LogP contribution in [0.2, 0.25) is 0 Å². The van der Waals surface area contributed by atoms with Crippen molar-refractivity contribution < 1.29 is 5.11 Å². The molecule has 3 heteroatoms. The van der Waals surface area contributed by atoms with Gasteiger partial charge in [-0.15, -0.1) is 11.6 Å². The molecule has 0 aromatic rings. The molecule has 0 saturated carbocycles. The molecular weight excluding hydrogens is 150 g/mol. The van der Waals surface area contributed by atoms with Crippen molar-refractivity contribution in [1.82, 2.24) is 5.32 Å². The van der Waals surface area contributed by atoms with Gasteiger partial charge in [0.2, 0.25) is 0 Å². The smallest absolute Gasteiger partial charge is 0.119 e. The van der Waals surface area contributed by atoms with Crippen LogP contribution in [0, 0.1) is 0 Å². The van der Waals surface area contributed by atoms with Gasteiger partial charge in [-0.25, -0.2) is 0 Å². The van der Waals surface area contributed by atoms with E-state index >= 15 is 0 Å². The summed E-state index contributed by atoms with van der Waals surface area (Å²) in [4.78, 5) is 0. The fourth-order valence-electron chi connectivity index (χ4n) is 0.736. The topological polar surface area (TPSA) is 32.3 Å². The fourth-order valence-corrected chi connectivity index (χ4v) is 0.950. The Kier molecular flexibility index (Phi) is 1.90. The third-order valence-corrected chi connectivity index (χ3v) is 2.12. The van der Waals surface area contributed by atoms with Crippen LogP contribution in [0.1, 0.15) is 6.92 Å². The Bertz CT molecular complexity index is 188. The predicted octanol–water partition coefficient (Wildman–Crippen LogP) is 1.54. The maximum absolute atomic E-state index is 9.29. The standard InChI is InChI=1S/C7H10ClNO/c1-7(5-8)6(10)3-2-4-9-7/h2-4,9-10H,5H2,1H3. The fraction of sp³-hybridized carbons (Fsp3) is 0.429. The third kappa shape index (κ3) is 1.12. The van der Waals surface area contributed by atoms with E-state index in [1.807, 2.05) is 6.92 Å². The molecule has 0 bridgehead atoms. The van der Waals surface area contributed by atoms with Crippen LogP contribution in [0.25, 0.3) is 0 Å². The monoisotopic (exact) mass is 159 g/mol. The number of nitrogens with one attached hydrogen (secondary N) is 1. The molecule has 1 atom stereocenters. The van der Waals surface area contributed by atoms with Gasteiger partial charge in [-0.05, 0) is 25.3 Å². The molecule has 0 saturated heterocycles. The van der Waals surface area contributed by atoms with E-state index in [-0.39, 0.29) is 5.76 Å².